The van der Waals surface area contributed by atoms with Crippen molar-refractivity contribution in [1.82, 2.24) is 9.97 Å². The number of nitrogens with one attached hydrogen (secondary N) is 2. The number of fused-ring (bicyclic) bond motifs is 1. The number of amidine groups is 1. The molecule has 0 aliphatic rings. The first-order chi connectivity index (χ1) is 12.5. The molecule has 1 aromatic carbocycles. The minimum Gasteiger partial charge on any atom is -0.475 e. The zero-order valence-electron chi connectivity index (χ0n) is 14.9. The molecule has 0 saturated carbocycles. The summed E-state index contributed by atoms with van der Waals surface area (Å²) in [7, 11) is 1.51. The Morgan fingerprint density at radius 1 is 1.27 bits per heavy atom. The van der Waals surface area contributed by atoms with Gasteiger partial charge in [-0.1, -0.05) is 6.07 Å². The summed E-state index contributed by atoms with van der Waals surface area (Å²) < 4.78 is 10.9. The lowest BCUT2D eigenvalue weighted by Gasteiger charge is -2.09. The summed E-state index contributed by atoms with van der Waals surface area (Å²) in [5.74, 6) is 0.512. The molecular weight excluding hydrogens is 330 g/mol. The summed E-state index contributed by atoms with van der Waals surface area (Å²) in [5, 5.41) is 8.98. The molecule has 3 rings (SSSR count). The predicted octanol–water partition coefficient (Wildman–Crippen LogP) is 3.30. The van der Waals surface area contributed by atoms with Crippen molar-refractivity contribution in [3.63, 3.8) is 0 Å². The van der Waals surface area contributed by atoms with E-state index in [1.807, 2.05) is 50.4 Å². The van der Waals surface area contributed by atoms with Crippen LogP contribution in [0.25, 0.3) is 22.2 Å². The molecule has 2 aromatic heterocycles. The highest BCUT2D eigenvalue weighted by Gasteiger charge is 2.12. The van der Waals surface area contributed by atoms with Gasteiger partial charge in [-0.15, -0.1) is 0 Å². The fourth-order valence-corrected chi connectivity index (χ4v) is 2.55. The van der Waals surface area contributed by atoms with Crippen LogP contribution >= 0.6 is 0 Å². The molecule has 3 aromatic rings. The molecule has 0 fully saturated rings. The summed E-state index contributed by atoms with van der Waals surface area (Å²) in [6.07, 6.45) is 1.94. The van der Waals surface area contributed by atoms with E-state index in [-0.39, 0.29) is 18.0 Å². The zero-order valence-corrected chi connectivity index (χ0v) is 14.9. The van der Waals surface area contributed by atoms with E-state index in [2.05, 4.69) is 15.0 Å². The normalized spacial score (nSPS) is 11.8. The van der Waals surface area contributed by atoms with E-state index in [0.29, 0.717) is 11.4 Å². The number of pyridine rings is 1. The number of aromatic nitrogens is 2. The van der Waals surface area contributed by atoms with Gasteiger partial charge < -0.3 is 20.2 Å². The third-order valence-electron chi connectivity index (χ3n) is 3.73. The number of H-pyrrole nitrogens is 1. The van der Waals surface area contributed by atoms with Crippen molar-refractivity contribution in [2.75, 3.05) is 7.05 Å². The van der Waals surface area contributed by atoms with Gasteiger partial charge in [0.15, 0.2) is 0 Å². The van der Waals surface area contributed by atoms with Crippen LogP contribution in [-0.2, 0) is 4.74 Å². The first-order valence-corrected chi connectivity index (χ1v) is 8.22. The molecule has 0 unspecified atom stereocenters. The van der Waals surface area contributed by atoms with Gasteiger partial charge in [0.1, 0.15) is 0 Å². The Labute approximate surface area is 151 Å². The van der Waals surface area contributed by atoms with Crippen molar-refractivity contribution in [2.45, 2.75) is 20.0 Å². The predicted molar refractivity (Wildman–Crippen MR) is 103 cm³/mol. The largest absolute Gasteiger partial charge is 0.475 e. The highest BCUT2D eigenvalue weighted by Crippen LogP contribution is 2.29. The molecule has 0 saturated heterocycles. The maximum atomic E-state index is 8.05. The van der Waals surface area contributed by atoms with Gasteiger partial charge in [0.2, 0.25) is 11.8 Å². The molecule has 2 heterocycles. The standard InChI is InChI=1S/C19H21N5O2/c1-11(2)25-17-6-4-5-16(24-17)14-10-23-15-8-7-12(9-13(14)15)18(20)26-19(21)22-3/h4-11,20,23H,1-3H3,(H2,21,22). The number of hydrogen-bond acceptors (Lipinski definition) is 5. The van der Waals surface area contributed by atoms with Gasteiger partial charge in [0, 0.05) is 41.3 Å². The number of aromatic amines is 1. The van der Waals surface area contributed by atoms with E-state index in [1.165, 1.54) is 7.05 Å². The molecule has 0 radical (unpaired) electrons. The van der Waals surface area contributed by atoms with E-state index in [4.69, 9.17) is 20.6 Å². The molecule has 0 aliphatic heterocycles. The van der Waals surface area contributed by atoms with Crippen LogP contribution in [0.4, 0.5) is 0 Å². The lowest BCUT2D eigenvalue weighted by Crippen LogP contribution is -2.20. The quantitative estimate of drug-likeness (QED) is 0.495. The van der Waals surface area contributed by atoms with Crippen LogP contribution < -0.4 is 10.5 Å². The maximum absolute atomic E-state index is 8.05. The first kappa shape index (κ1) is 17.5. The number of hydrogen-bond donors (Lipinski definition) is 3. The Morgan fingerprint density at radius 3 is 2.81 bits per heavy atom. The van der Waals surface area contributed by atoms with Gasteiger partial charge in [-0.05, 0) is 38.1 Å². The van der Waals surface area contributed by atoms with E-state index in [1.54, 1.807) is 6.07 Å². The molecule has 26 heavy (non-hydrogen) atoms. The molecular formula is C19H21N5O2. The molecule has 0 amide bonds. The lowest BCUT2D eigenvalue weighted by molar-refractivity contribution is 0.233. The van der Waals surface area contributed by atoms with Gasteiger partial charge in [0.25, 0.3) is 6.02 Å². The number of nitrogens with two attached hydrogens (primary N) is 1. The molecule has 7 heteroatoms. The molecule has 0 spiro atoms. The fraction of sp³-hybridized carbons (Fsp3) is 0.211. The van der Waals surface area contributed by atoms with E-state index >= 15 is 0 Å². The molecule has 4 N–H and O–H groups in total. The highest BCUT2D eigenvalue weighted by molar-refractivity contribution is 6.04. The van der Waals surface area contributed by atoms with Crippen molar-refractivity contribution in [3.05, 3.63) is 48.2 Å². The topological polar surface area (TPSA) is 109 Å². The van der Waals surface area contributed by atoms with Gasteiger partial charge in [-0.3, -0.25) is 5.41 Å². The summed E-state index contributed by atoms with van der Waals surface area (Å²) >= 11 is 0. The van der Waals surface area contributed by atoms with Crippen molar-refractivity contribution in [3.8, 4) is 17.1 Å². The number of nitrogens with zero attached hydrogens (tertiary/aromatic N) is 2. The second-order valence-corrected chi connectivity index (χ2v) is 5.98. The average molecular weight is 351 g/mol. The number of ether oxygens (including phenoxy) is 2. The molecule has 7 nitrogen and oxygen atoms in total. The van der Waals surface area contributed by atoms with Gasteiger partial charge in [-0.25, -0.2) is 9.98 Å². The fourth-order valence-electron chi connectivity index (χ4n) is 2.55. The Balaban J connectivity index is 2.00. The summed E-state index contributed by atoms with van der Waals surface area (Å²) in [6, 6.07) is 11.2. The Hall–Kier alpha value is -3.35. The summed E-state index contributed by atoms with van der Waals surface area (Å²) in [4.78, 5) is 11.5. The second kappa shape index (κ2) is 7.26. The number of benzene rings is 1. The number of rotatable bonds is 4. The van der Waals surface area contributed by atoms with E-state index in [9.17, 15) is 0 Å². The smallest absolute Gasteiger partial charge is 0.288 e. The molecule has 0 atom stereocenters. The number of aliphatic imine (C=N–C) groups is 1. The third-order valence-corrected chi connectivity index (χ3v) is 3.73. The van der Waals surface area contributed by atoms with Gasteiger partial charge in [0.05, 0.1) is 11.8 Å². The van der Waals surface area contributed by atoms with Crippen LogP contribution in [0.2, 0.25) is 0 Å². The lowest BCUT2D eigenvalue weighted by atomic mass is 10.1. The maximum Gasteiger partial charge on any atom is 0.288 e. The molecule has 0 bridgehead atoms. The Kier molecular flexibility index (Phi) is 4.88. The highest BCUT2D eigenvalue weighted by atomic mass is 16.5. The van der Waals surface area contributed by atoms with Gasteiger partial charge >= 0.3 is 0 Å². The minimum atomic E-state index is -0.0630. The SMILES string of the molecule is CN=C(N)OC(=N)c1ccc2[nH]cc(-c3cccc(OC(C)C)n3)c2c1. The van der Waals surface area contributed by atoms with Crippen molar-refractivity contribution in [1.29, 1.82) is 5.41 Å². The third kappa shape index (κ3) is 3.66. The Morgan fingerprint density at radius 2 is 2.08 bits per heavy atom. The molecule has 134 valence electrons. The van der Waals surface area contributed by atoms with Crippen molar-refractivity contribution < 1.29 is 9.47 Å². The Bertz CT molecular complexity index is 975. The monoisotopic (exact) mass is 351 g/mol. The first-order valence-electron chi connectivity index (χ1n) is 8.22. The second-order valence-electron chi connectivity index (χ2n) is 5.98. The van der Waals surface area contributed by atoms with Crippen LogP contribution in [0.5, 0.6) is 5.88 Å². The van der Waals surface area contributed by atoms with Crippen LogP contribution in [-0.4, -0.2) is 35.0 Å². The average Bonchev–Trinajstić information content (AvgIpc) is 3.04. The van der Waals surface area contributed by atoms with Crippen molar-refractivity contribution >= 4 is 22.8 Å². The minimum absolute atomic E-state index is 0.0513. The van der Waals surface area contributed by atoms with Gasteiger partial charge in [-0.2, -0.15) is 0 Å². The van der Waals surface area contributed by atoms with Crippen LogP contribution in [0.15, 0.2) is 47.6 Å². The summed E-state index contributed by atoms with van der Waals surface area (Å²) in [5.41, 5.74) is 8.77. The van der Waals surface area contributed by atoms with E-state index < -0.39 is 0 Å². The zero-order chi connectivity index (χ0) is 18.7. The van der Waals surface area contributed by atoms with Crippen LogP contribution in [0, 0.1) is 5.41 Å². The summed E-state index contributed by atoms with van der Waals surface area (Å²) in [6.45, 7) is 3.92. The van der Waals surface area contributed by atoms with Crippen LogP contribution in [0.1, 0.15) is 19.4 Å². The molecule has 0 aliphatic carbocycles. The van der Waals surface area contributed by atoms with Crippen LogP contribution in [0.3, 0.4) is 0 Å². The van der Waals surface area contributed by atoms with E-state index in [0.717, 1.165) is 22.2 Å². The van der Waals surface area contributed by atoms with Crippen molar-refractivity contribution in [2.24, 2.45) is 10.7 Å².